The second-order valence-electron chi connectivity index (χ2n) is 2.53. The quantitative estimate of drug-likeness (QED) is 0.401. The van der Waals surface area contributed by atoms with Crippen LogP contribution in [0.2, 0.25) is 0 Å². The van der Waals surface area contributed by atoms with E-state index in [1.807, 2.05) is 0 Å². The molecular formula is C8H12ClN5O. The van der Waals surface area contributed by atoms with Gasteiger partial charge in [0.1, 0.15) is 5.75 Å². The molecule has 0 saturated carbocycles. The standard InChI is InChI=1S/C8H11N5O.ClH/c9-7(10)13-8(11)12-5-2-1-3-6(14)4-5;/h1-4,14H,(H6,9,10,11,12,13);1H. The van der Waals surface area contributed by atoms with Gasteiger partial charge in [0.05, 0.1) is 5.69 Å². The first kappa shape index (κ1) is 13.1. The smallest absolute Gasteiger partial charge is 0.223 e. The topological polar surface area (TPSA) is 123 Å². The summed E-state index contributed by atoms with van der Waals surface area (Å²) < 4.78 is 0. The molecule has 1 aromatic rings. The van der Waals surface area contributed by atoms with Crippen LogP contribution >= 0.6 is 12.4 Å². The van der Waals surface area contributed by atoms with Gasteiger partial charge >= 0.3 is 0 Å². The Balaban J connectivity index is 0.00000196. The van der Waals surface area contributed by atoms with Crippen LogP contribution in [0.15, 0.2) is 34.3 Å². The van der Waals surface area contributed by atoms with E-state index in [-0.39, 0.29) is 30.1 Å². The lowest BCUT2D eigenvalue weighted by atomic mass is 10.3. The number of phenolic OH excluding ortho intramolecular Hbond substituents is 1. The summed E-state index contributed by atoms with van der Waals surface area (Å²) in [4.78, 5) is 7.37. The van der Waals surface area contributed by atoms with Crippen molar-refractivity contribution in [3.63, 3.8) is 0 Å². The van der Waals surface area contributed by atoms with Crippen LogP contribution in [0.25, 0.3) is 0 Å². The highest BCUT2D eigenvalue weighted by atomic mass is 35.5. The molecule has 0 aliphatic rings. The molecule has 6 nitrogen and oxygen atoms in total. The Hall–Kier alpha value is -1.95. The van der Waals surface area contributed by atoms with E-state index in [4.69, 9.17) is 22.3 Å². The maximum absolute atomic E-state index is 9.11. The zero-order valence-electron chi connectivity index (χ0n) is 7.79. The first-order valence-electron chi connectivity index (χ1n) is 3.81. The molecule has 0 aliphatic heterocycles. The van der Waals surface area contributed by atoms with Crippen molar-refractivity contribution in [2.75, 3.05) is 0 Å². The average Bonchev–Trinajstić information content (AvgIpc) is 2.01. The Morgan fingerprint density at radius 2 is 1.87 bits per heavy atom. The lowest BCUT2D eigenvalue weighted by Gasteiger charge is -1.96. The first-order chi connectivity index (χ1) is 6.58. The van der Waals surface area contributed by atoms with Crippen molar-refractivity contribution < 1.29 is 5.11 Å². The minimum Gasteiger partial charge on any atom is -0.508 e. The molecule has 0 aliphatic carbocycles. The van der Waals surface area contributed by atoms with Crippen molar-refractivity contribution in [2.45, 2.75) is 0 Å². The summed E-state index contributed by atoms with van der Waals surface area (Å²) in [5.41, 5.74) is 16.0. The van der Waals surface area contributed by atoms with Crippen LogP contribution in [0.5, 0.6) is 5.75 Å². The number of hydrogen-bond acceptors (Lipinski definition) is 2. The van der Waals surface area contributed by atoms with E-state index in [9.17, 15) is 0 Å². The van der Waals surface area contributed by atoms with Gasteiger partial charge in [-0.25, -0.2) is 4.99 Å². The normalized spacial score (nSPS) is 10.3. The maximum Gasteiger partial charge on any atom is 0.223 e. The lowest BCUT2D eigenvalue weighted by Crippen LogP contribution is -2.26. The van der Waals surface area contributed by atoms with Crippen molar-refractivity contribution in [3.8, 4) is 5.75 Å². The third kappa shape index (κ3) is 4.72. The molecule has 7 heteroatoms. The number of aliphatic imine (C=N–C) groups is 2. The number of rotatable bonds is 1. The number of guanidine groups is 2. The van der Waals surface area contributed by atoms with Crippen molar-refractivity contribution in [1.29, 1.82) is 0 Å². The largest absolute Gasteiger partial charge is 0.508 e. The van der Waals surface area contributed by atoms with Gasteiger partial charge in [-0.2, -0.15) is 4.99 Å². The van der Waals surface area contributed by atoms with Gasteiger partial charge in [0.15, 0.2) is 5.96 Å². The molecular weight excluding hydrogens is 218 g/mol. The number of nitrogens with two attached hydrogens (primary N) is 3. The number of aromatic hydroxyl groups is 1. The molecule has 0 fully saturated rings. The van der Waals surface area contributed by atoms with Gasteiger partial charge in [0, 0.05) is 6.07 Å². The zero-order valence-corrected chi connectivity index (χ0v) is 8.61. The number of hydrogen-bond donors (Lipinski definition) is 4. The summed E-state index contributed by atoms with van der Waals surface area (Å²) in [7, 11) is 0. The molecule has 15 heavy (non-hydrogen) atoms. The van der Waals surface area contributed by atoms with Crippen molar-refractivity contribution in [2.24, 2.45) is 27.2 Å². The monoisotopic (exact) mass is 229 g/mol. The van der Waals surface area contributed by atoms with Gasteiger partial charge in [-0.05, 0) is 12.1 Å². The molecule has 0 spiro atoms. The first-order valence-corrected chi connectivity index (χ1v) is 3.81. The highest BCUT2D eigenvalue weighted by molar-refractivity contribution is 5.93. The number of phenols is 1. The second kappa shape index (κ2) is 5.71. The fourth-order valence-corrected chi connectivity index (χ4v) is 0.852. The Bertz CT molecular complexity index is 386. The summed E-state index contributed by atoms with van der Waals surface area (Å²) in [6.07, 6.45) is 0. The van der Waals surface area contributed by atoms with Gasteiger partial charge in [-0.15, -0.1) is 12.4 Å². The van der Waals surface area contributed by atoms with Crippen LogP contribution in [0.1, 0.15) is 0 Å². The van der Waals surface area contributed by atoms with Crippen LogP contribution in [0, 0.1) is 0 Å². The second-order valence-corrected chi connectivity index (χ2v) is 2.53. The van der Waals surface area contributed by atoms with E-state index in [0.717, 1.165) is 0 Å². The summed E-state index contributed by atoms with van der Waals surface area (Å²) in [5.74, 6) is -0.120. The van der Waals surface area contributed by atoms with Crippen molar-refractivity contribution in [1.82, 2.24) is 0 Å². The highest BCUT2D eigenvalue weighted by Gasteiger charge is 1.93. The minimum atomic E-state index is -0.161. The lowest BCUT2D eigenvalue weighted by molar-refractivity contribution is 0.475. The fraction of sp³-hybridized carbons (Fsp3) is 0. The summed E-state index contributed by atoms with van der Waals surface area (Å²) in [5, 5.41) is 9.11. The van der Waals surface area contributed by atoms with Crippen LogP contribution < -0.4 is 17.2 Å². The van der Waals surface area contributed by atoms with Crippen LogP contribution in [-0.2, 0) is 0 Å². The molecule has 7 N–H and O–H groups in total. The Kier molecular flexibility index (Phi) is 4.97. The molecule has 0 heterocycles. The zero-order chi connectivity index (χ0) is 10.6. The Morgan fingerprint density at radius 3 is 2.40 bits per heavy atom. The van der Waals surface area contributed by atoms with Crippen LogP contribution in [-0.4, -0.2) is 17.0 Å². The van der Waals surface area contributed by atoms with Crippen LogP contribution in [0.4, 0.5) is 5.69 Å². The summed E-state index contributed by atoms with van der Waals surface area (Å²) in [6, 6.07) is 6.26. The molecule has 0 atom stereocenters. The van der Waals surface area contributed by atoms with E-state index in [1.165, 1.54) is 12.1 Å². The molecule has 0 bridgehead atoms. The third-order valence-electron chi connectivity index (χ3n) is 1.32. The Labute approximate surface area is 92.9 Å². The van der Waals surface area contributed by atoms with E-state index < -0.39 is 0 Å². The van der Waals surface area contributed by atoms with Crippen molar-refractivity contribution in [3.05, 3.63) is 24.3 Å². The molecule has 0 unspecified atom stereocenters. The molecule has 0 amide bonds. The maximum atomic E-state index is 9.11. The van der Waals surface area contributed by atoms with E-state index in [1.54, 1.807) is 12.1 Å². The summed E-state index contributed by atoms with van der Waals surface area (Å²) >= 11 is 0. The predicted octanol–water partition coefficient (Wildman–Crippen LogP) is 0.0336. The van der Waals surface area contributed by atoms with E-state index >= 15 is 0 Å². The number of benzene rings is 1. The number of halogens is 1. The SMILES string of the molecule is Cl.NC(N)=NC(N)=Nc1cccc(O)c1. The molecule has 1 aromatic carbocycles. The van der Waals surface area contributed by atoms with Gasteiger partial charge < -0.3 is 22.3 Å². The van der Waals surface area contributed by atoms with Gasteiger partial charge in [0.2, 0.25) is 5.96 Å². The van der Waals surface area contributed by atoms with Crippen LogP contribution in [0.3, 0.4) is 0 Å². The number of nitrogens with zero attached hydrogens (tertiary/aromatic N) is 2. The fourth-order valence-electron chi connectivity index (χ4n) is 0.852. The molecule has 0 saturated heterocycles. The van der Waals surface area contributed by atoms with E-state index in [2.05, 4.69) is 9.98 Å². The molecule has 0 radical (unpaired) electrons. The molecule has 1 rings (SSSR count). The summed E-state index contributed by atoms with van der Waals surface area (Å²) in [6.45, 7) is 0. The Morgan fingerprint density at radius 1 is 1.20 bits per heavy atom. The van der Waals surface area contributed by atoms with Gasteiger partial charge in [-0.3, -0.25) is 0 Å². The van der Waals surface area contributed by atoms with Crippen molar-refractivity contribution >= 4 is 30.0 Å². The highest BCUT2D eigenvalue weighted by Crippen LogP contribution is 2.17. The molecule has 82 valence electrons. The predicted molar refractivity (Wildman–Crippen MR) is 62.4 cm³/mol. The van der Waals surface area contributed by atoms with E-state index in [0.29, 0.717) is 5.69 Å². The van der Waals surface area contributed by atoms with Gasteiger partial charge in [0.25, 0.3) is 0 Å². The third-order valence-corrected chi connectivity index (χ3v) is 1.32. The molecule has 0 aromatic heterocycles. The average molecular weight is 230 g/mol. The minimum absolute atomic E-state index is 0. The van der Waals surface area contributed by atoms with Gasteiger partial charge in [-0.1, -0.05) is 6.07 Å².